The summed E-state index contributed by atoms with van der Waals surface area (Å²) in [4.78, 5) is 12.2. The number of anilines is 1. The minimum Gasteiger partial charge on any atom is -0.497 e. The summed E-state index contributed by atoms with van der Waals surface area (Å²) in [5, 5.41) is 2.84. The van der Waals surface area contributed by atoms with E-state index in [2.05, 4.69) is 11.9 Å². The Labute approximate surface area is 112 Å². The van der Waals surface area contributed by atoms with Gasteiger partial charge in [0.1, 0.15) is 5.75 Å². The normalized spacial score (nSPS) is 9.74. The Bertz CT molecular complexity index is 588. The Morgan fingerprint density at radius 2 is 1.84 bits per heavy atom. The molecule has 2 rings (SSSR count). The topological polar surface area (TPSA) is 38.3 Å². The first-order valence-corrected chi connectivity index (χ1v) is 5.91. The van der Waals surface area contributed by atoms with Crippen LogP contribution in [0.1, 0.15) is 15.9 Å². The molecular formula is C16H15NO2. The Morgan fingerprint density at radius 3 is 2.47 bits per heavy atom. The number of rotatable bonds is 4. The molecule has 0 saturated heterocycles. The van der Waals surface area contributed by atoms with E-state index in [0.29, 0.717) is 5.56 Å². The molecule has 0 heterocycles. The van der Waals surface area contributed by atoms with Crippen molar-refractivity contribution in [1.29, 1.82) is 0 Å². The van der Waals surface area contributed by atoms with Crippen LogP contribution < -0.4 is 10.1 Å². The third-order valence-electron chi connectivity index (χ3n) is 2.77. The molecular weight excluding hydrogens is 238 g/mol. The fraction of sp³-hybridized carbons (Fsp3) is 0.0625. The monoisotopic (exact) mass is 253 g/mol. The van der Waals surface area contributed by atoms with E-state index in [0.717, 1.165) is 17.0 Å². The van der Waals surface area contributed by atoms with Crippen LogP contribution in [0.15, 0.2) is 55.1 Å². The second kappa shape index (κ2) is 5.87. The first-order valence-electron chi connectivity index (χ1n) is 5.91. The molecule has 0 unspecified atom stereocenters. The lowest BCUT2D eigenvalue weighted by Gasteiger charge is -2.08. The predicted octanol–water partition coefficient (Wildman–Crippen LogP) is 3.59. The summed E-state index contributed by atoms with van der Waals surface area (Å²) in [5.41, 5.74) is 2.14. The second-order valence-corrected chi connectivity index (χ2v) is 3.97. The van der Waals surface area contributed by atoms with E-state index >= 15 is 0 Å². The van der Waals surface area contributed by atoms with Crippen LogP contribution in [-0.2, 0) is 0 Å². The molecule has 0 aromatic heterocycles. The SMILES string of the molecule is C=Cc1ccccc1C(=O)Nc1ccc(OC)cc1. The van der Waals surface area contributed by atoms with Gasteiger partial charge in [-0.1, -0.05) is 30.9 Å². The molecule has 0 fully saturated rings. The average molecular weight is 253 g/mol. The van der Waals surface area contributed by atoms with Gasteiger partial charge in [0.15, 0.2) is 0 Å². The third-order valence-corrected chi connectivity index (χ3v) is 2.77. The van der Waals surface area contributed by atoms with Crippen molar-refractivity contribution in [2.45, 2.75) is 0 Å². The van der Waals surface area contributed by atoms with E-state index in [-0.39, 0.29) is 5.91 Å². The minimum absolute atomic E-state index is 0.152. The third kappa shape index (κ3) is 3.01. The van der Waals surface area contributed by atoms with Gasteiger partial charge in [-0.25, -0.2) is 0 Å². The highest BCUT2D eigenvalue weighted by Crippen LogP contribution is 2.17. The fourth-order valence-electron chi connectivity index (χ4n) is 1.75. The van der Waals surface area contributed by atoms with Crippen molar-refractivity contribution in [3.63, 3.8) is 0 Å². The summed E-state index contributed by atoms with van der Waals surface area (Å²) in [6.45, 7) is 3.71. The number of hydrogen-bond acceptors (Lipinski definition) is 2. The largest absolute Gasteiger partial charge is 0.497 e. The van der Waals surface area contributed by atoms with Crippen LogP contribution in [0.3, 0.4) is 0 Å². The zero-order chi connectivity index (χ0) is 13.7. The number of methoxy groups -OCH3 is 1. The van der Waals surface area contributed by atoms with Crippen molar-refractivity contribution in [2.24, 2.45) is 0 Å². The highest BCUT2D eigenvalue weighted by atomic mass is 16.5. The maximum absolute atomic E-state index is 12.2. The van der Waals surface area contributed by atoms with Crippen molar-refractivity contribution >= 4 is 17.7 Å². The summed E-state index contributed by atoms with van der Waals surface area (Å²) >= 11 is 0. The van der Waals surface area contributed by atoms with E-state index in [9.17, 15) is 4.79 Å². The van der Waals surface area contributed by atoms with E-state index < -0.39 is 0 Å². The van der Waals surface area contributed by atoms with E-state index in [1.807, 2.05) is 18.2 Å². The molecule has 0 saturated carbocycles. The number of benzene rings is 2. The van der Waals surface area contributed by atoms with Crippen LogP contribution in [0.4, 0.5) is 5.69 Å². The Balaban J connectivity index is 2.18. The molecule has 0 atom stereocenters. The molecule has 3 heteroatoms. The summed E-state index contributed by atoms with van der Waals surface area (Å²) in [6.07, 6.45) is 1.67. The van der Waals surface area contributed by atoms with Gasteiger partial charge in [0.05, 0.1) is 7.11 Å². The first kappa shape index (κ1) is 12.9. The van der Waals surface area contributed by atoms with Crippen molar-refractivity contribution in [1.82, 2.24) is 0 Å². The lowest BCUT2D eigenvalue weighted by atomic mass is 10.1. The quantitative estimate of drug-likeness (QED) is 0.904. The van der Waals surface area contributed by atoms with Crippen LogP contribution in [0, 0.1) is 0 Å². The lowest BCUT2D eigenvalue weighted by molar-refractivity contribution is 0.102. The predicted molar refractivity (Wildman–Crippen MR) is 77.5 cm³/mol. The molecule has 0 bridgehead atoms. The summed E-state index contributed by atoms with van der Waals surface area (Å²) in [5.74, 6) is 0.602. The van der Waals surface area contributed by atoms with Crippen molar-refractivity contribution < 1.29 is 9.53 Å². The van der Waals surface area contributed by atoms with Crippen LogP contribution >= 0.6 is 0 Å². The van der Waals surface area contributed by atoms with Gasteiger partial charge in [-0.05, 0) is 35.9 Å². The average Bonchev–Trinajstić information content (AvgIpc) is 2.48. The van der Waals surface area contributed by atoms with Crippen molar-refractivity contribution in [3.05, 3.63) is 66.2 Å². The van der Waals surface area contributed by atoms with Gasteiger partial charge in [-0.2, -0.15) is 0 Å². The number of carbonyl (C=O) groups excluding carboxylic acids is 1. The maximum atomic E-state index is 12.2. The Morgan fingerprint density at radius 1 is 1.16 bits per heavy atom. The van der Waals surface area contributed by atoms with Gasteiger partial charge in [-0.15, -0.1) is 0 Å². The molecule has 96 valence electrons. The molecule has 1 amide bonds. The number of carbonyl (C=O) groups is 1. The van der Waals surface area contributed by atoms with Gasteiger partial charge in [0, 0.05) is 11.3 Å². The van der Waals surface area contributed by atoms with Gasteiger partial charge in [0.2, 0.25) is 0 Å². The summed E-state index contributed by atoms with van der Waals surface area (Å²) < 4.78 is 5.07. The molecule has 0 radical (unpaired) electrons. The highest BCUT2D eigenvalue weighted by molar-refractivity contribution is 6.06. The molecule has 0 aliphatic rings. The number of hydrogen-bond donors (Lipinski definition) is 1. The highest BCUT2D eigenvalue weighted by Gasteiger charge is 2.09. The van der Waals surface area contributed by atoms with E-state index in [1.165, 1.54) is 0 Å². The number of nitrogens with one attached hydrogen (secondary N) is 1. The molecule has 0 aliphatic carbocycles. The van der Waals surface area contributed by atoms with Crippen LogP contribution in [0.25, 0.3) is 6.08 Å². The zero-order valence-corrected chi connectivity index (χ0v) is 10.7. The standard InChI is InChI=1S/C16H15NO2/c1-3-12-6-4-5-7-15(12)16(18)17-13-8-10-14(19-2)11-9-13/h3-11H,1H2,2H3,(H,17,18). The summed E-state index contributed by atoms with van der Waals surface area (Å²) in [7, 11) is 1.61. The Hall–Kier alpha value is -2.55. The van der Waals surface area contributed by atoms with E-state index in [1.54, 1.807) is 43.5 Å². The lowest BCUT2D eigenvalue weighted by Crippen LogP contribution is -2.13. The Kier molecular flexibility index (Phi) is 3.98. The van der Waals surface area contributed by atoms with Crippen molar-refractivity contribution in [2.75, 3.05) is 12.4 Å². The van der Waals surface area contributed by atoms with Gasteiger partial charge in [0.25, 0.3) is 5.91 Å². The first-order chi connectivity index (χ1) is 9.24. The van der Waals surface area contributed by atoms with Crippen molar-refractivity contribution in [3.8, 4) is 5.75 Å². The minimum atomic E-state index is -0.152. The maximum Gasteiger partial charge on any atom is 0.256 e. The number of amides is 1. The van der Waals surface area contributed by atoms with Crippen LogP contribution in [-0.4, -0.2) is 13.0 Å². The van der Waals surface area contributed by atoms with Gasteiger partial charge < -0.3 is 10.1 Å². The van der Waals surface area contributed by atoms with Crippen LogP contribution in [0.2, 0.25) is 0 Å². The molecule has 1 N–H and O–H groups in total. The molecule has 2 aromatic carbocycles. The fourth-order valence-corrected chi connectivity index (χ4v) is 1.75. The second-order valence-electron chi connectivity index (χ2n) is 3.97. The zero-order valence-electron chi connectivity index (χ0n) is 10.7. The smallest absolute Gasteiger partial charge is 0.256 e. The summed E-state index contributed by atoms with van der Waals surface area (Å²) in [6, 6.07) is 14.5. The van der Waals surface area contributed by atoms with Gasteiger partial charge in [-0.3, -0.25) is 4.79 Å². The molecule has 3 nitrogen and oxygen atoms in total. The molecule has 19 heavy (non-hydrogen) atoms. The number of ether oxygens (including phenoxy) is 1. The van der Waals surface area contributed by atoms with Crippen LogP contribution in [0.5, 0.6) is 5.75 Å². The van der Waals surface area contributed by atoms with Gasteiger partial charge >= 0.3 is 0 Å². The molecule has 0 spiro atoms. The van der Waals surface area contributed by atoms with E-state index in [4.69, 9.17) is 4.74 Å². The molecule has 0 aliphatic heterocycles. The molecule has 2 aromatic rings.